The van der Waals surface area contributed by atoms with Gasteiger partial charge in [-0.25, -0.2) is 0 Å². The van der Waals surface area contributed by atoms with Gasteiger partial charge in [-0.2, -0.15) is 0 Å². The molecule has 0 aliphatic heterocycles. The Hall–Kier alpha value is -1.02. The van der Waals surface area contributed by atoms with E-state index in [2.05, 4.69) is 53.7 Å². The molecule has 0 heterocycles. The molecule has 2 atom stereocenters. The summed E-state index contributed by atoms with van der Waals surface area (Å²) in [5.41, 5.74) is 17.5. The standard InChI is InChI=1S/C20H36N2/c1-7-14(3)18-13-17(12-16(8-2)19(18)22)20(5,6)11-9-10-15(4)21/h12-15H,7-11,21-22H2,1-6H3. The summed E-state index contributed by atoms with van der Waals surface area (Å²) >= 11 is 0. The first-order valence-corrected chi connectivity index (χ1v) is 8.91. The molecule has 0 amide bonds. The lowest BCUT2D eigenvalue weighted by atomic mass is 9.77. The summed E-state index contributed by atoms with van der Waals surface area (Å²) in [5, 5.41) is 0. The Morgan fingerprint density at radius 1 is 1.14 bits per heavy atom. The molecule has 2 unspecified atom stereocenters. The third kappa shape index (κ3) is 4.74. The molecule has 1 aromatic rings. The van der Waals surface area contributed by atoms with Gasteiger partial charge in [0, 0.05) is 11.7 Å². The van der Waals surface area contributed by atoms with E-state index in [1.807, 2.05) is 0 Å². The minimum absolute atomic E-state index is 0.175. The maximum atomic E-state index is 6.41. The fourth-order valence-electron chi connectivity index (χ4n) is 3.06. The predicted octanol–water partition coefficient (Wildman–Crippen LogP) is 5.14. The lowest BCUT2D eigenvalue weighted by molar-refractivity contribution is 0.439. The van der Waals surface area contributed by atoms with Gasteiger partial charge in [0.2, 0.25) is 0 Å². The molecule has 2 heteroatoms. The predicted molar refractivity (Wildman–Crippen MR) is 99.5 cm³/mol. The molecule has 0 aliphatic rings. The van der Waals surface area contributed by atoms with Crippen molar-refractivity contribution in [1.29, 1.82) is 0 Å². The van der Waals surface area contributed by atoms with E-state index in [1.54, 1.807) is 0 Å². The van der Waals surface area contributed by atoms with Crippen LogP contribution >= 0.6 is 0 Å². The molecule has 0 fully saturated rings. The Labute approximate surface area is 137 Å². The van der Waals surface area contributed by atoms with Crippen LogP contribution < -0.4 is 11.5 Å². The van der Waals surface area contributed by atoms with Gasteiger partial charge in [-0.15, -0.1) is 0 Å². The van der Waals surface area contributed by atoms with E-state index in [0.717, 1.165) is 24.9 Å². The van der Waals surface area contributed by atoms with E-state index in [1.165, 1.54) is 29.5 Å². The SMILES string of the molecule is CCc1cc(C(C)(C)CCCC(C)N)cc(C(C)CC)c1N. The van der Waals surface area contributed by atoms with Gasteiger partial charge in [-0.1, -0.05) is 53.2 Å². The van der Waals surface area contributed by atoms with Crippen molar-refractivity contribution in [2.75, 3.05) is 5.73 Å². The molecular weight excluding hydrogens is 268 g/mol. The average Bonchev–Trinajstić information content (AvgIpc) is 2.45. The van der Waals surface area contributed by atoms with Crippen LogP contribution in [0.5, 0.6) is 0 Å². The Balaban J connectivity index is 3.11. The summed E-state index contributed by atoms with van der Waals surface area (Å²) in [6.07, 6.45) is 5.56. The second kappa shape index (κ2) is 8.01. The van der Waals surface area contributed by atoms with Crippen molar-refractivity contribution >= 4 is 5.69 Å². The molecule has 126 valence electrons. The van der Waals surface area contributed by atoms with Crippen LogP contribution in [0.2, 0.25) is 0 Å². The third-order valence-corrected chi connectivity index (χ3v) is 5.06. The monoisotopic (exact) mass is 304 g/mol. The summed E-state index contributed by atoms with van der Waals surface area (Å²) in [5.74, 6) is 0.519. The maximum Gasteiger partial charge on any atom is 0.0381 e. The van der Waals surface area contributed by atoms with Crippen LogP contribution in [0.25, 0.3) is 0 Å². The largest absolute Gasteiger partial charge is 0.398 e. The van der Waals surface area contributed by atoms with E-state index in [-0.39, 0.29) is 5.41 Å². The molecule has 4 N–H and O–H groups in total. The zero-order chi connectivity index (χ0) is 16.9. The van der Waals surface area contributed by atoms with Crippen LogP contribution in [0.15, 0.2) is 12.1 Å². The average molecular weight is 305 g/mol. The van der Waals surface area contributed by atoms with Crippen molar-refractivity contribution in [2.24, 2.45) is 5.73 Å². The second-order valence-electron chi connectivity index (χ2n) is 7.55. The molecule has 0 radical (unpaired) electrons. The maximum absolute atomic E-state index is 6.41. The summed E-state index contributed by atoms with van der Waals surface area (Å²) in [7, 11) is 0. The highest BCUT2D eigenvalue weighted by Crippen LogP contribution is 2.36. The van der Waals surface area contributed by atoms with E-state index < -0.39 is 0 Å². The lowest BCUT2D eigenvalue weighted by Gasteiger charge is -2.29. The molecule has 22 heavy (non-hydrogen) atoms. The molecule has 0 saturated heterocycles. The zero-order valence-electron chi connectivity index (χ0n) is 15.5. The van der Waals surface area contributed by atoms with E-state index >= 15 is 0 Å². The van der Waals surface area contributed by atoms with Crippen LogP contribution in [-0.4, -0.2) is 6.04 Å². The molecule has 0 aliphatic carbocycles. The number of nitrogens with two attached hydrogens (primary N) is 2. The van der Waals surface area contributed by atoms with Crippen molar-refractivity contribution in [3.63, 3.8) is 0 Å². The van der Waals surface area contributed by atoms with Crippen LogP contribution in [0.3, 0.4) is 0 Å². The molecule has 2 nitrogen and oxygen atoms in total. The molecule has 0 aromatic heterocycles. The second-order valence-corrected chi connectivity index (χ2v) is 7.55. The number of hydrogen-bond donors (Lipinski definition) is 2. The topological polar surface area (TPSA) is 52.0 Å². The van der Waals surface area contributed by atoms with Gasteiger partial charge in [-0.3, -0.25) is 0 Å². The molecule has 0 bridgehead atoms. The first-order chi connectivity index (χ1) is 10.2. The van der Waals surface area contributed by atoms with E-state index in [4.69, 9.17) is 11.5 Å². The van der Waals surface area contributed by atoms with E-state index in [0.29, 0.717) is 12.0 Å². The number of benzene rings is 1. The van der Waals surface area contributed by atoms with Crippen LogP contribution in [-0.2, 0) is 11.8 Å². The summed E-state index contributed by atoms with van der Waals surface area (Å²) in [6.45, 7) is 13.5. The van der Waals surface area contributed by atoms with Gasteiger partial charge < -0.3 is 11.5 Å². The van der Waals surface area contributed by atoms with Gasteiger partial charge in [0.1, 0.15) is 0 Å². The van der Waals surface area contributed by atoms with Gasteiger partial charge in [0.15, 0.2) is 0 Å². The van der Waals surface area contributed by atoms with Gasteiger partial charge in [0.05, 0.1) is 0 Å². The van der Waals surface area contributed by atoms with Crippen molar-refractivity contribution in [3.05, 3.63) is 28.8 Å². The molecule has 1 rings (SSSR count). The quantitative estimate of drug-likeness (QED) is 0.653. The number of hydrogen-bond acceptors (Lipinski definition) is 2. The van der Waals surface area contributed by atoms with E-state index in [9.17, 15) is 0 Å². The highest BCUT2D eigenvalue weighted by Gasteiger charge is 2.23. The van der Waals surface area contributed by atoms with Gasteiger partial charge >= 0.3 is 0 Å². The minimum Gasteiger partial charge on any atom is -0.398 e. The van der Waals surface area contributed by atoms with Crippen molar-refractivity contribution < 1.29 is 0 Å². The molecular formula is C20H36N2. The van der Waals surface area contributed by atoms with Crippen molar-refractivity contribution in [3.8, 4) is 0 Å². The van der Waals surface area contributed by atoms with Gasteiger partial charge in [-0.05, 0) is 60.6 Å². The Morgan fingerprint density at radius 2 is 1.77 bits per heavy atom. The Bertz CT molecular complexity index is 475. The smallest absolute Gasteiger partial charge is 0.0381 e. The number of rotatable bonds is 8. The highest BCUT2D eigenvalue weighted by molar-refractivity contribution is 5.58. The molecule has 1 aromatic carbocycles. The summed E-state index contributed by atoms with van der Waals surface area (Å²) < 4.78 is 0. The van der Waals surface area contributed by atoms with Gasteiger partial charge in [0.25, 0.3) is 0 Å². The highest BCUT2D eigenvalue weighted by atomic mass is 14.6. The van der Waals surface area contributed by atoms with Crippen LogP contribution in [0.1, 0.15) is 89.8 Å². The zero-order valence-corrected chi connectivity index (χ0v) is 15.5. The summed E-state index contributed by atoms with van der Waals surface area (Å²) in [4.78, 5) is 0. The normalized spacial score (nSPS) is 14.9. The Morgan fingerprint density at radius 3 is 2.27 bits per heavy atom. The minimum atomic E-state index is 0.175. The van der Waals surface area contributed by atoms with Crippen molar-refractivity contribution in [1.82, 2.24) is 0 Å². The van der Waals surface area contributed by atoms with Crippen molar-refractivity contribution in [2.45, 2.75) is 91.0 Å². The third-order valence-electron chi connectivity index (χ3n) is 5.06. The Kier molecular flexibility index (Phi) is 6.93. The first kappa shape index (κ1) is 19.0. The fourth-order valence-corrected chi connectivity index (χ4v) is 3.06. The number of nitrogen functional groups attached to an aromatic ring is 1. The lowest BCUT2D eigenvalue weighted by Crippen LogP contribution is -2.21. The first-order valence-electron chi connectivity index (χ1n) is 8.91. The van der Waals surface area contributed by atoms with Crippen LogP contribution in [0.4, 0.5) is 5.69 Å². The summed E-state index contributed by atoms with van der Waals surface area (Å²) in [6, 6.07) is 4.98. The number of anilines is 1. The fraction of sp³-hybridized carbons (Fsp3) is 0.700. The van der Waals surface area contributed by atoms with Crippen LogP contribution in [0, 0.1) is 0 Å². The molecule has 0 saturated carbocycles. The number of aryl methyl sites for hydroxylation is 1. The molecule has 0 spiro atoms.